The lowest BCUT2D eigenvalue weighted by Crippen LogP contribution is -1.97. The summed E-state index contributed by atoms with van der Waals surface area (Å²) in [5, 5.41) is 5.30. The standard InChI is InChI=1S/C18H15ClN4.ClH/c1-10-7-12(19)3-4-13(10)23-16-8-11(2)22-14-5-6-15-18(17(14)16)21-9-20-15;/h3-9H,1-2H3,(H,20,21)(H,22,23);1H. The SMILES string of the molecule is Cc1cc(Nc2ccc(Cl)cc2C)c2c(ccc3nc[nH]c32)n1.Cl. The number of pyridine rings is 1. The molecule has 6 heteroatoms. The Kier molecular flexibility index (Phi) is 4.35. The summed E-state index contributed by atoms with van der Waals surface area (Å²) in [6, 6.07) is 11.9. The van der Waals surface area contributed by atoms with Gasteiger partial charge in [-0.15, -0.1) is 12.4 Å². The van der Waals surface area contributed by atoms with Gasteiger partial charge >= 0.3 is 0 Å². The number of aromatic amines is 1. The molecule has 0 amide bonds. The first-order chi connectivity index (χ1) is 11.1. The minimum absolute atomic E-state index is 0. The number of anilines is 2. The van der Waals surface area contributed by atoms with Crippen molar-refractivity contribution in [2.75, 3.05) is 5.32 Å². The topological polar surface area (TPSA) is 53.6 Å². The molecule has 0 aliphatic heterocycles. The van der Waals surface area contributed by atoms with Crippen LogP contribution in [0, 0.1) is 13.8 Å². The molecule has 2 N–H and O–H groups in total. The first kappa shape index (κ1) is 16.6. The van der Waals surface area contributed by atoms with Crippen molar-refractivity contribution < 1.29 is 0 Å². The molecule has 122 valence electrons. The van der Waals surface area contributed by atoms with E-state index in [0.29, 0.717) is 0 Å². The zero-order valence-electron chi connectivity index (χ0n) is 13.2. The van der Waals surface area contributed by atoms with Crippen molar-refractivity contribution in [1.29, 1.82) is 0 Å². The molecule has 0 atom stereocenters. The van der Waals surface area contributed by atoms with E-state index < -0.39 is 0 Å². The maximum absolute atomic E-state index is 6.05. The molecule has 2 heterocycles. The lowest BCUT2D eigenvalue weighted by atomic mass is 10.1. The summed E-state index contributed by atoms with van der Waals surface area (Å²) >= 11 is 6.05. The predicted octanol–water partition coefficient (Wildman–Crippen LogP) is 5.55. The number of benzene rings is 2. The Balaban J connectivity index is 0.00000169. The van der Waals surface area contributed by atoms with E-state index in [0.717, 1.165) is 49.6 Å². The number of hydrogen-bond acceptors (Lipinski definition) is 3. The lowest BCUT2D eigenvalue weighted by molar-refractivity contribution is 1.25. The highest BCUT2D eigenvalue weighted by molar-refractivity contribution is 6.30. The van der Waals surface area contributed by atoms with Crippen molar-refractivity contribution in [3.63, 3.8) is 0 Å². The molecule has 4 aromatic rings. The summed E-state index contributed by atoms with van der Waals surface area (Å²) in [6.45, 7) is 4.03. The third-order valence-corrected chi connectivity index (χ3v) is 4.19. The van der Waals surface area contributed by atoms with Gasteiger partial charge in [0.15, 0.2) is 0 Å². The first-order valence-electron chi connectivity index (χ1n) is 7.38. The van der Waals surface area contributed by atoms with Crippen LogP contribution in [-0.4, -0.2) is 15.0 Å². The summed E-state index contributed by atoms with van der Waals surface area (Å²) in [5.74, 6) is 0. The highest BCUT2D eigenvalue weighted by Gasteiger charge is 2.11. The van der Waals surface area contributed by atoms with E-state index in [4.69, 9.17) is 11.6 Å². The Morgan fingerprint density at radius 3 is 2.58 bits per heavy atom. The molecule has 0 aliphatic carbocycles. The second-order valence-corrected chi connectivity index (χ2v) is 6.09. The number of imidazole rings is 1. The fraction of sp³-hybridized carbons (Fsp3) is 0.111. The molecule has 24 heavy (non-hydrogen) atoms. The van der Waals surface area contributed by atoms with Crippen LogP contribution in [0.25, 0.3) is 21.9 Å². The van der Waals surface area contributed by atoms with Gasteiger partial charge in [0, 0.05) is 21.8 Å². The molecule has 4 rings (SSSR count). The Hall–Kier alpha value is -2.30. The minimum Gasteiger partial charge on any atom is -0.355 e. The van der Waals surface area contributed by atoms with E-state index >= 15 is 0 Å². The summed E-state index contributed by atoms with van der Waals surface area (Å²) < 4.78 is 0. The van der Waals surface area contributed by atoms with Crippen molar-refractivity contribution in [2.24, 2.45) is 0 Å². The van der Waals surface area contributed by atoms with Gasteiger partial charge in [0.2, 0.25) is 0 Å². The maximum atomic E-state index is 6.05. The van der Waals surface area contributed by atoms with Crippen LogP contribution in [0.4, 0.5) is 11.4 Å². The molecule has 0 aliphatic rings. The van der Waals surface area contributed by atoms with Gasteiger partial charge in [-0.3, -0.25) is 4.98 Å². The fourth-order valence-electron chi connectivity index (χ4n) is 2.88. The monoisotopic (exact) mass is 358 g/mol. The van der Waals surface area contributed by atoms with E-state index in [1.54, 1.807) is 6.33 Å². The summed E-state index contributed by atoms with van der Waals surface area (Å²) in [6.07, 6.45) is 1.71. The van der Waals surface area contributed by atoms with Gasteiger partial charge < -0.3 is 10.3 Å². The molecular formula is C18H16Cl2N4. The number of rotatable bonds is 2. The van der Waals surface area contributed by atoms with Gasteiger partial charge in [-0.1, -0.05) is 11.6 Å². The van der Waals surface area contributed by atoms with Crippen LogP contribution in [0.5, 0.6) is 0 Å². The first-order valence-corrected chi connectivity index (χ1v) is 7.76. The molecule has 0 saturated carbocycles. The van der Waals surface area contributed by atoms with E-state index in [1.807, 2.05) is 44.2 Å². The van der Waals surface area contributed by atoms with Crippen LogP contribution >= 0.6 is 24.0 Å². The quantitative estimate of drug-likeness (QED) is 0.494. The molecule has 4 nitrogen and oxygen atoms in total. The summed E-state index contributed by atoms with van der Waals surface area (Å²) in [4.78, 5) is 12.2. The molecular weight excluding hydrogens is 343 g/mol. The third kappa shape index (κ3) is 2.79. The Morgan fingerprint density at radius 1 is 1.00 bits per heavy atom. The normalized spacial score (nSPS) is 10.8. The fourth-order valence-corrected chi connectivity index (χ4v) is 3.11. The maximum Gasteiger partial charge on any atom is 0.0932 e. The highest BCUT2D eigenvalue weighted by atomic mass is 35.5. The average molecular weight is 359 g/mol. The molecule has 0 radical (unpaired) electrons. The van der Waals surface area contributed by atoms with Crippen molar-refractivity contribution in [1.82, 2.24) is 15.0 Å². The lowest BCUT2D eigenvalue weighted by Gasteiger charge is -2.13. The molecule has 0 saturated heterocycles. The minimum atomic E-state index is 0. The van der Waals surface area contributed by atoms with E-state index in [2.05, 4.69) is 26.3 Å². The van der Waals surface area contributed by atoms with Crippen LogP contribution in [0.1, 0.15) is 11.3 Å². The van der Waals surface area contributed by atoms with Crippen LogP contribution < -0.4 is 5.32 Å². The Bertz CT molecular complexity index is 1040. The van der Waals surface area contributed by atoms with Gasteiger partial charge in [0.25, 0.3) is 0 Å². The molecule has 0 fully saturated rings. The number of nitrogens with one attached hydrogen (secondary N) is 2. The van der Waals surface area contributed by atoms with Crippen LogP contribution in [-0.2, 0) is 0 Å². The van der Waals surface area contributed by atoms with E-state index in [1.165, 1.54) is 0 Å². The molecule has 0 spiro atoms. The van der Waals surface area contributed by atoms with Gasteiger partial charge in [-0.05, 0) is 55.8 Å². The number of H-pyrrole nitrogens is 1. The number of nitrogens with zero attached hydrogens (tertiary/aromatic N) is 2. The van der Waals surface area contributed by atoms with Crippen LogP contribution in [0.15, 0.2) is 42.7 Å². The molecule has 2 aromatic heterocycles. The number of aromatic nitrogens is 3. The zero-order chi connectivity index (χ0) is 16.0. The van der Waals surface area contributed by atoms with Crippen molar-refractivity contribution in [3.05, 3.63) is 59.0 Å². The van der Waals surface area contributed by atoms with Gasteiger partial charge in [0.1, 0.15) is 0 Å². The van der Waals surface area contributed by atoms with Gasteiger partial charge in [-0.25, -0.2) is 4.98 Å². The average Bonchev–Trinajstić information content (AvgIpc) is 2.98. The molecule has 0 bridgehead atoms. The van der Waals surface area contributed by atoms with E-state index in [-0.39, 0.29) is 12.4 Å². The van der Waals surface area contributed by atoms with E-state index in [9.17, 15) is 0 Å². The number of fused-ring (bicyclic) bond motifs is 3. The highest BCUT2D eigenvalue weighted by Crippen LogP contribution is 2.32. The zero-order valence-corrected chi connectivity index (χ0v) is 14.8. The summed E-state index contributed by atoms with van der Waals surface area (Å²) in [7, 11) is 0. The molecule has 0 unspecified atom stereocenters. The number of hydrogen-bond donors (Lipinski definition) is 2. The number of halogens is 2. The summed E-state index contributed by atoms with van der Waals surface area (Å²) in [5.41, 5.74) is 6.95. The largest absolute Gasteiger partial charge is 0.355 e. The van der Waals surface area contributed by atoms with Gasteiger partial charge in [0.05, 0.1) is 28.6 Å². The van der Waals surface area contributed by atoms with Crippen molar-refractivity contribution >= 4 is 57.3 Å². The Morgan fingerprint density at radius 2 is 1.79 bits per heavy atom. The predicted molar refractivity (Wildman–Crippen MR) is 103 cm³/mol. The van der Waals surface area contributed by atoms with Crippen molar-refractivity contribution in [3.8, 4) is 0 Å². The van der Waals surface area contributed by atoms with Crippen LogP contribution in [0.2, 0.25) is 5.02 Å². The van der Waals surface area contributed by atoms with Crippen LogP contribution in [0.3, 0.4) is 0 Å². The second kappa shape index (κ2) is 6.30. The molecule has 2 aromatic carbocycles. The second-order valence-electron chi connectivity index (χ2n) is 5.65. The number of aryl methyl sites for hydroxylation is 2. The van der Waals surface area contributed by atoms with Crippen molar-refractivity contribution in [2.45, 2.75) is 13.8 Å². The third-order valence-electron chi connectivity index (χ3n) is 3.95. The smallest absolute Gasteiger partial charge is 0.0932 e. The Labute approximate surface area is 150 Å². The van der Waals surface area contributed by atoms with Gasteiger partial charge in [-0.2, -0.15) is 0 Å².